The third-order valence-electron chi connectivity index (χ3n) is 0.0559. The number of hydrogen-bond acceptors (Lipinski definition) is 1. The molecule has 0 aromatic carbocycles. The van der Waals surface area contributed by atoms with E-state index in [2.05, 4.69) is 0 Å². The molecule has 0 N–H and O–H groups in total. The van der Waals surface area contributed by atoms with Crippen molar-refractivity contribution in [2.24, 2.45) is 0 Å². The minimum atomic E-state index is 0. The maximum Gasteiger partial charge on any atom is 1.00 e. The monoisotopic (exact) mass is 113 g/mol. The molecule has 0 amide bonds. The molecule has 0 saturated heterocycles. The predicted molar refractivity (Wildman–Crippen MR) is 12.7 cm³/mol. The van der Waals surface area contributed by atoms with E-state index in [1.165, 1.54) is 12.0 Å². The van der Waals surface area contributed by atoms with Gasteiger partial charge in [-0.25, -0.2) is 5.92 Å². The van der Waals surface area contributed by atoms with E-state index in [1.54, 1.807) is 0 Å². The van der Waals surface area contributed by atoms with Crippen LogP contribution in [0.15, 0.2) is 0 Å². The first kappa shape index (κ1) is 8.82. The fourth-order valence-corrected chi connectivity index (χ4v) is 0. The van der Waals surface area contributed by atoms with Gasteiger partial charge in [0.15, 0.2) is 0 Å². The molecule has 1 nitrogen and oxygen atoms in total. The molecule has 0 aliphatic carbocycles. The van der Waals surface area contributed by atoms with Crippen molar-refractivity contribution in [3.05, 3.63) is 6.42 Å². The van der Waals surface area contributed by atoms with Crippen LogP contribution in [0.25, 0.3) is 0 Å². The van der Waals surface area contributed by atoms with Crippen LogP contribution < -0.4 is 0 Å². The van der Waals surface area contributed by atoms with E-state index in [0.717, 1.165) is 0 Å². The van der Waals surface area contributed by atoms with Crippen LogP contribution in [0.4, 0.5) is 0 Å². The number of nitriles is 1. The molecule has 2 heteroatoms. The Morgan fingerprint density at radius 3 is 1.80 bits per heavy atom. The van der Waals surface area contributed by atoms with Gasteiger partial charge >= 0.3 is 17.1 Å². The summed E-state index contributed by atoms with van der Waals surface area (Å²) in [6.07, 6.45) is 5.84. The van der Waals surface area contributed by atoms with Gasteiger partial charge in [0.1, 0.15) is 0 Å². The maximum atomic E-state index is 7.33. The Bertz CT molecular complexity index is 61.9. The molecule has 0 fully saturated rings. The van der Waals surface area contributed by atoms with Crippen molar-refractivity contribution >= 4 is 0 Å². The first-order chi connectivity index (χ1) is 1.91. The average molecular weight is 114 g/mol. The smallest absolute Gasteiger partial charge is 0.356 e. The van der Waals surface area contributed by atoms with Gasteiger partial charge in [0, 0.05) is 0 Å². The summed E-state index contributed by atoms with van der Waals surface area (Å²) in [7, 11) is 0. The molecule has 28 valence electrons. The van der Waals surface area contributed by atoms with Gasteiger partial charge in [-0.2, -0.15) is 0 Å². The van der Waals surface area contributed by atoms with Gasteiger partial charge in [0.25, 0.3) is 0 Å². The number of hydrogen-bond donors (Lipinski definition) is 0. The van der Waals surface area contributed by atoms with Gasteiger partial charge < -0.3 is 11.7 Å². The molecule has 0 atom stereocenters. The standard InChI is InChI=1S/C3N.Cu/c1-2-3-4;/q-1;+1. The van der Waals surface area contributed by atoms with Crippen LogP contribution in [-0.4, -0.2) is 0 Å². The van der Waals surface area contributed by atoms with Gasteiger partial charge in [-0.15, -0.1) is 0 Å². The Hall–Kier alpha value is -0.431. The van der Waals surface area contributed by atoms with E-state index in [1.807, 2.05) is 0 Å². The van der Waals surface area contributed by atoms with Gasteiger partial charge in [-0.3, -0.25) is 0 Å². The van der Waals surface area contributed by atoms with Crippen LogP contribution in [0.3, 0.4) is 0 Å². The predicted octanol–water partition coefficient (Wildman–Crippen LogP) is 0.0973. The zero-order valence-electron chi connectivity index (χ0n) is 2.25. The molecular weight excluding hydrogens is 114 g/mol. The van der Waals surface area contributed by atoms with E-state index in [4.69, 9.17) is 11.7 Å². The first-order valence-electron chi connectivity index (χ1n) is 0.724. The largest absolute Gasteiger partial charge is 1.00 e. The third kappa shape index (κ3) is 27.1. The zero-order chi connectivity index (χ0) is 3.41. The molecule has 0 saturated carbocycles. The Kier molecular flexibility index (Phi) is 16.9. The van der Waals surface area contributed by atoms with Crippen LogP contribution in [0.1, 0.15) is 0 Å². The second kappa shape index (κ2) is 9.57. The van der Waals surface area contributed by atoms with E-state index in [0.29, 0.717) is 0 Å². The summed E-state index contributed by atoms with van der Waals surface area (Å²) < 4.78 is 0. The van der Waals surface area contributed by atoms with Gasteiger partial charge in [-0.05, 0) is 0 Å². The van der Waals surface area contributed by atoms with Gasteiger partial charge in [0.2, 0.25) is 0 Å². The number of rotatable bonds is 0. The van der Waals surface area contributed by atoms with Crippen LogP contribution in [0, 0.1) is 23.7 Å². The molecule has 0 rings (SSSR count). The third-order valence-corrected chi connectivity index (χ3v) is 0.0559. The van der Waals surface area contributed by atoms with E-state index in [-0.39, 0.29) is 17.1 Å². The summed E-state index contributed by atoms with van der Waals surface area (Å²) >= 11 is 0. The first-order valence-corrected chi connectivity index (χ1v) is 0.724. The second-order valence-corrected chi connectivity index (χ2v) is 0.237. The molecule has 5 heavy (non-hydrogen) atoms. The van der Waals surface area contributed by atoms with Gasteiger partial charge in [0.05, 0.1) is 0 Å². The summed E-state index contributed by atoms with van der Waals surface area (Å²) in [5.41, 5.74) is 0. The van der Waals surface area contributed by atoms with Crippen LogP contribution in [-0.2, 0) is 17.1 Å². The summed E-state index contributed by atoms with van der Waals surface area (Å²) in [6.45, 7) is 0. The average Bonchev–Trinajstić information content (AvgIpc) is 1.37. The number of nitrogens with zero attached hydrogens (tertiary/aromatic N) is 1. The molecule has 0 radical (unpaired) electrons. The Balaban J connectivity index is 0. The minimum absolute atomic E-state index is 0. The van der Waals surface area contributed by atoms with Crippen molar-refractivity contribution < 1.29 is 17.1 Å². The van der Waals surface area contributed by atoms with Crippen molar-refractivity contribution in [2.75, 3.05) is 0 Å². The van der Waals surface area contributed by atoms with Crippen molar-refractivity contribution in [1.82, 2.24) is 0 Å². The normalized spacial score (nSPS) is 2.00. The van der Waals surface area contributed by atoms with Crippen molar-refractivity contribution in [3.63, 3.8) is 0 Å². The van der Waals surface area contributed by atoms with Crippen LogP contribution >= 0.6 is 0 Å². The minimum Gasteiger partial charge on any atom is -0.356 e. The Morgan fingerprint density at radius 1 is 1.60 bits per heavy atom. The summed E-state index contributed by atoms with van der Waals surface area (Å²) in [6, 6.07) is 1.35. The summed E-state index contributed by atoms with van der Waals surface area (Å²) in [5.74, 6) is 1.49. The molecule has 0 aromatic heterocycles. The Labute approximate surface area is 41.5 Å². The molecule has 0 heterocycles. The topological polar surface area (TPSA) is 23.8 Å². The van der Waals surface area contributed by atoms with E-state index < -0.39 is 0 Å². The molecule has 0 unspecified atom stereocenters. The van der Waals surface area contributed by atoms with Crippen molar-refractivity contribution in [3.8, 4) is 12.0 Å². The zero-order valence-corrected chi connectivity index (χ0v) is 3.19. The van der Waals surface area contributed by atoms with Crippen molar-refractivity contribution in [1.29, 1.82) is 5.26 Å². The van der Waals surface area contributed by atoms with E-state index in [9.17, 15) is 0 Å². The fraction of sp³-hybridized carbons (Fsp3) is 0. The summed E-state index contributed by atoms with van der Waals surface area (Å²) in [4.78, 5) is 0. The molecule has 0 bridgehead atoms. The summed E-state index contributed by atoms with van der Waals surface area (Å²) in [5, 5.41) is 7.33. The van der Waals surface area contributed by atoms with E-state index >= 15 is 0 Å². The molecule has 0 aliphatic rings. The second-order valence-electron chi connectivity index (χ2n) is 0.237. The van der Waals surface area contributed by atoms with Crippen LogP contribution in [0.5, 0.6) is 0 Å². The maximum absolute atomic E-state index is 7.33. The molecular formula is C3CuN. The quantitative estimate of drug-likeness (QED) is 0.248. The van der Waals surface area contributed by atoms with Gasteiger partial charge in [-0.1, -0.05) is 6.07 Å². The molecule has 0 aromatic rings. The van der Waals surface area contributed by atoms with Crippen molar-refractivity contribution in [2.45, 2.75) is 0 Å². The fourth-order valence-electron chi connectivity index (χ4n) is 0. The molecule has 0 spiro atoms. The molecule has 0 aliphatic heterocycles. The van der Waals surface area contributed by atoms with Crippen LogP contribution in [0.2, 0.25) is 0 Å². The Morgan fingerprint density at radius 2 is 1.80 bits per heavy atom. The SMILES string of the molecule is [C-]#CC#N.[Cu+].